The third kappa shape index (κ3) is 3.13. The van der Waals surface area contributed by atoms with Crippen molar-refractivity contribution in [1.29, 1.82) is 0 Å². The number of aromatic nitrogens is 2. The van der Waals surface area contributed by atoms with E-state index in [9.17, 15) is 18.0 Å². The fourth-order valence-corrected chi connectivity index (χ4v) is 3.97. The minimum Gasteiger partial charge on any atom is -0.268 e. The van der Waals surface area contributed by atoms with Gasteiger partial charge in [0.1, 0.15) is 0 Å². The van der Waals surface area contributed by atoms with E-state index in [0.29, 0.717) is 9.54 Å². The maximum Gasteiger partial charge on any atom is 0.349 e. The number of rotatable bonds is 3. The van der Waals surface area contributed by atoms with Crippen LogP contribution in [0.25, 0.3) is 0 Å². The number of nitrogens with zero attached hydrogens (tertiary/aromatic N) is 2. The fraction of sp³-hybridized carbons (Fsp3) is 0.158. The number of hydrogen-bond acceptors (Lipinski definition) is 4. The molecule has 0 fully saturated rings. The summed E-state index contributed by atoms with van der Waals surface area (Å²) in [5.74, 6) is -0.570. The molecule has 6 nitrogen and oxygen atoms in total. The van der Waals surface area contributed by atoms with E-state index in [0.717, 1.165) is 27.5 Å². The van der Waals surface area contributed by atoms with E-state index in [4.69, 9.17) is 0 Å². The second-order valence-corrected chi connectivity index (χ2v) is 8.06. The van der Waals surface area contributed by atoms with Crippen molar-refractivity contribution in [2.45, 2.75) is 25.7 Å². The lowest BCUT2D eigenvalue weighted by molar-refractivity contribution is 0.0956. The van der Waals surface area contributed by atoms with E-state index in [1.54, 1.807) is 24.3 Å². The number of carbonyl (C=O) groups is 1. The number of imidazole rings is 1. The summed E-state index contributed by atoms with van der Waals surface area (Å²) in [5, 5.41) is 0. The van der Waals surface area contributed by atoms with Crippen LogP contribution in [0.4, 0.5) is 0 Å². The van der Waals surface area contributed by atoms with Gasteiger partial charge >= 0.3 is 5.69 Å². The molecule has 3 aromatic rings. The Morgan fingerprint density at radius 2 is 1.42 bits per heavy atom. The highest BCUT2D eigenvalue weighted by molar-refractivity contribution is 7.90. The Morgan fingerprint density at radius 3 is 2.00 bits per heavy atom. The summed E-state index contributed by atoms with van der Waals surface area (Å²) >= 11 is 0. The van der Waals surface area contributed by atoms with Gasteiger partial charge in [0.15, 0.2) is 0 Å². The highest BCUT2D eigenvalue weighted by atomic mass is 32.2. The van der Waals surface area contributed by atoms with E-state index in [1.807, 2.05) is 26.8 Å². The molecular weight excluding hydrogens is 352 g/mol. The Labute approximate surface area is 151 Å². The maximum absolute atomic E-state index is 12.7. The molecule has 2 aromatic carbocycles. The number of carbonyl (C=O) groups excluding carboxylic acids is 1. The number of aryl methyl sites for hydroxylation is 3. The highest BCUT2D eigenvalue weighted by Gasteiger charge is 2.23. The van der Waals surface area contributed by atoms with Gasteiger partial charge in [-0.15, -0.1) is 0 Å². The molecule has 0 unspecified atom stereocenters. The zero-order valence-electron chi connectivity index (χ0n) is 14.6. The molecule has 0 aliphatic heterocycles. The van der Waals surface area contributed by atoms with Crippen molar-refractivity contribution in [3.8, 4) is 0 Å². The van der Waals surface area contributed by atoms with E-state index in [-0.39, 0.29) is 4.90 Å². The average molecular weight is 370 g/mol. The van der Waals surface area contributed by atoms with Gasteiger partial charge in [0.25, 0.3) is 15.9 Å². The Bertz CT molecular complexity index is 1130. The summed E-state index contributed by atoms with van der Waals surface area (Å²) in [6.45, 7) is 5.53. The van der Waals surface area contributed by atoms with Gasteiger partial charge in [0.05, 0.1) is 4.90 Å². The molecule has 0 saturated heterocycles. The minimum atomic E-state index is -4.07. The van der Waals surface area contributed by atoms with Crippen LogP contribution in [-0.2, 0) is 10.0 Å². The third-order valence-electron chi connectivity index (χ3n) is 4.01. The van der Waals surface area contributed by atoms with Crippen molar-refractivity contribution in [2.75, 3.05) is 0 Å². The van der Waals surface area contributed by atoms with Crippen LogP contribution < -0.4 is 5.69 Å². The lowest BCUT2D eigenvalue weighted by Crippen LogP contribution is -2.32. The molecule has 0 aliphatic rings. The summed E-state index contributed by atoms with van der Waals surface area (Å²) < 4.78 is 26.8. The first-order valence-corrected chi connectivity index (χ1v) is 9.39. The van der Waals surface area contributed by atoms with Crippen molar-refractivity contribution in [3.63, 3.8) is 0 Å². The van der Waals surface area contributed by atoms with Crippen LogP contribution in [0.1, 0.15) is 27.0 Å². The second kappa shape index (κ2) is 6.42. The molecule has 0 atom stereocenters. The molecule has 134 valence electrons. The van der Waals surface area contributed by atoms with Crippen LogP contribution in [0, 0.1) is 20.8 Å². The Kier molecular flexibility index (Phi) is 4.41. The average Bonchev–Trinajstić information content (AvgIpc) is 2.96. The molecule has 0 N–H and O–H groups in total. The number of hydrogen-bond donors (Lipinski definition) is 0. The van der Waals surface area contributed by atoms with Gasteiger partial charge in [-0.1, -0.05) is 34.9 Å². The lowest BCUT2D eigenvalue weighted by atomic mass is 10.1. The van der Waals surface area contributed by atoms with E-state index < -0.39 is 21.6 Å². The smallest absolute Gasteiger partial charge is 0.268 e. The van der Waals surface area contributed by atoms with Gasteiger partial charge in [-0.05, 0) is 45.0 Å². The Hall–Kier alpha value is -2.93. The number of benzene rings is 2. The van der Waals surface area contributed by atoms with Gasteiger partial charge in [-0.3, -0.25) is 4.79 Å². The monoisotopic (exact) mass is 370 g/mol. The Balaban J connectivity index is 2.06. The quantitative estimate of drug-likeness (QED) is 0.710. The fourth-order valence-electron chi connectivity index (χ4n) is 2.76. The molecule has 1 heterocycles. The molecule has 3 rings (SSSR count). The predicted molar refractivity (Wildman–Crippen MR) is 98.1 cm³/mol. The van der Waals surface area contributed by atoms with Gasteiger partial charge in [0.2, 0.25) is 0 Å². The van der Waals surface area contributed by atoms with Crippen molar-refractivity contribution in [3.05, 3.63) is 87.6 Å². The largest absolute Gasteiger partial charge is 0.349 e. The van der Waals surface area contributed by atoms with Crippen LogP contribution in [0.3, 0.4) is 0 Å². The molecule has 0 radical (unpaired) electrons. The first-order chi connectivity index (χ1) is 12.2. The topological polar surface area (TPSA) is 78.1 Å². The first kappa shape index (κ1) is 17.9. The van der Waals surface area contributed by atoms with Gasteiger partial charge in [0, 0.05) is 18.0 Å². The van der Waals surface area contributed by atoms with E-state index in [1.165, 1.54) is 18.3 Å². The molecular formula is C19H18N2O4S. The van der Waals surface area contributed by atoms with Gasteiger partial charge < -0.3 is 0 Å². The molecule has 1 aromatic heterocycles. The molecule has 26 heavy (non-hydrogen) atoms. The molecule has 0 spiro atoms. The summed E-state index contributed by atoms with van der Waals surface area (Å²) in [5.41, 5.74) is 2.07. The molecule has 0 saturated carbocycles. The zero-order valence-corrected chi connectivity index (χ0v) is 15.4. The zero-order chi connectivity index (χ0) is 19.1. The summed E-state index contributed by atoms with van der Waals surface area (Å²) in [6, 6.07) is 11.4. The van der Waals surface area contributed by atoms with E-state index in [2.05, 4.69) is 0 Å². The maximum atomic E-state index is 12.7. The van der Waals surface area contributed by atoms with Crippen molar-refractivity contribution in [2.24, 2.45) is 0 Å². The standard InChI is InChI=1S/C19H18N2O4S/c1-13-4-6-17(7-5-13)26(24,25)21-9-8-20(19(21)23)18(22)16-11-14(2)10-15(3)12-16/h4-12H,1-3H3. The van der Waals surface area contributed by atoms with Gasteiger partial charge in [-0.2, -0.15) is 3.97 Å². The molecule has 0 amide bonds. The lowest BCUT2D eigenvalue weighted by Gasteiger charge is -2.06. The van der Waals surface area contributed by atoms with Crippen LogP contribution in [0.2, 0.25) is 0 Å². The minimum absolute atomic E-state index is 0.0122. The highest BCUT2D eigenvalue weighted by Crippen LogP contribution is 2.14. The van der Waals surface area contributed by atoms with Crippen LogP contribution in [-0.4, -0.2) is 22.9 Å². The molecule has 7 heteroatoms. The van der Waals surface area contributed by atoms with Crippen LogP contribution >= 0.6 is 0 Å². The van der Waals surface area contributed by atoms with Crippen LogP contribution in [0.5, 0.6) is 0 Å². The first-order valence-electron chi connectivity index (χ1n) is 7.95. The van der Waals surface area contributed by atoms with Gasteiger partial charge in [-0.25, -0.2) is 17.8 Å². The molecule has 0 bridgehead atoms. The van der Waals surface area contributed by atoms with Crippen LogP contribution in [0.15, 0.2) is 64.5 Å². The molecule has 0 aliphatic carbocycles. The summed E-state index contributed by atoms with van der Waals surface area (Å²) in [4.78, 5) is 25.2. The predicted octanol–water partition coefficient (Wildman–Crippen LogP) is 2.50. The second-order valence-electron chi connectivity index (χ2n) is 6.25. The Morgan fingerprint density at radius 1 is 0.846 bits per heavy atom. The normalized spacial score (nSPS) is 11.5. The third-order valence-corrected chi connectivity index (χ3v) is 5.67. The van der Waals surface area contributed by atoms with E-state index >= 15 is 0 Å². The summed E-state index contributed by atoms with van der Waals surface area (Å²) in [7, 11) is -4.07. The van der Waals surface area contributed by atoms with Crippen molar-refractivity contribution in [1.82, 2.24) is 8.54 Å². The summed E-state index contributed by atoms with van der Waals surface area (Å²) in [6.07, 6.45) is 2.27. The SMILES string of the molecule is Cc1ccc(S(=O)(=O)n2ccn(C(=O)c3cc(C)cc(C)c3)c2=O)cc1. The van der Waals surface area contributed by atoms with Crippen molar-refractivity contribution >= 4 is 15.9 Å². The van der Waals surface area contributed by atoms with Crippen molar-refractivity contribution < 1.29 is 13.2 Å².